The third-order valence-corrected chi connectivity index (χ3v) is 2.59. The lowest BCUT2D eigenvalue weighted by molar-refractivity contribution is -0.120. The molecule has 0 aliphatic heterocycles. The zero-order valence-electron chi connectivity index (χ0n) is 10.6. The fraction of sp³-hybridized carbons (Fsp3) is 0.917. The number of carbonyl (C=O) groups excluding carboxylic acids is 1. The number of nitrogens with two attached hydrogens (primary N) is 1. The van der Waals surface area contributed by atoms with E-state index >= 15 is 0 Å². The zero-order chi connectivity index (χ0) is 12.1. The average Bonchev–Trinajstić information content (AvgIpc) is 2.31. The second-order valence-corrected chi connectivity index (χ2v) is 4.08. The number of amides is 1. The number of rotatable bonds is 11. The van der Waals surface area contributed by atoms with Gasteiger partial charge in [0, 0.05) is 13.5 Å². The molecular formula is C12H27N3O. The van der Waals surface area contributed by atoms with Gasteiger partial charge in [0.1, 0.15) is 0 Å². The molecule has 4 nitrogen and oxygen atoms in total. The van der Waals surface area contributed by atoms with Crippen molar-refractivity contribution in [2.24, 2.45) is 5.73 Å². The third kappa shape index (κ3) is 11.5. The summed E-state index contributed by atoms with van der Waals surface area (Å²) in [7, 11) is 1.69. The highest BCUT2D eigenvalue weighted by atomic mass is 16.1. The van der Waals surface area contributed by atoms with Gasteiger partial charge in [0.25, 0.3) is 0 Å². The van der Waals surface area contributed by atoms with Crippen LogP contribution in [-0.4, -0.2) is 32.6 Å². The van der Waals surface area contributed by atoms with Gasteiger partial charge in [0.05, 0.1) is 0 Å². The molecular weight excluding hydrogens is 202 g/mol. The maximum atomic E-state index is 10.9. The largest absolute Gasteiger partial charge is 0.359 e. The molecule has 0 atom stereocenters. The quantitative estimate of drug-likeness (QED) is 0.463. The van der Waals surface area contributed by atoms with Gasteiger partial charge in [0.15, 0.2) is 0 Å². The summed E-state index contributed by atoms with van der Waals surface area (Å²) in [4.78, 5) is 10.9. The predicted octanol–water partition coefficient (Wildman–Crippen LogP) is 1.01. The summed E-state index contributed by atoms with van der Waals surface area (Å²) in [5.74, 6) is 0.148. The molecule has 0 saturated heterocycles. The van der Waals surface area contributed by atoms with Crippen LogP contribution in [0.15, 0.2) is 0 Å². The first-order valence-corrected chi connectivity index (χ1v) is 6.42. The minimum Gasteiger partial charge on any atom is -0.359 e. The molecule has 0 aromatic rings. The van der Waals surface area contributed by atoms with Crippen LogP contribution in [0.4, 0.5) is 0 Å². The van der Waals surface area contributed by atoms with E-state index in [4.69, 9.17) is 5.73 Å². The van der Waals surface area contributed by atoms with Crippen molar-refractivity contribution in [2.75, 3.05) is 26.7 Å². The molecule has 0 aromatic carbocycles. The Morgan fingerprint density at radius 2 is 1.62 bits per heavy atom. The molecule has 4 N–H and O–H groups in total. The van der Waals surface area contributed by atoms with Crippen LogP contribution in [0.25, 0.3) is 0 Å². The second-order valence-electron chi connectivity index (χ2n) is 4.08. The Balaban J connectivity index is 2.96. The van der Waals surface area contributed by atoms with Crippen molar-refractivity contribution in [3.63, 3.8) is 0 Å². The number of nitrogens with one attached hydrogen (secondary N) is 2. The Hall–Kier alpha value is -0.610. The van der Waals surface area contributed by atoms with Crippen molar-refractivity contribution in [1.82, 2.24) is 10.6 Å². The van der Waals surface area contributed by atoms with Gasteiger partial charge < -0.3 is 16.4 Å². The Bertz CT molecular complexity index is 162. The maximum Gasteiger partial charge on any atom is 0.219 e. The van der Waals surface area contributed by atoms with Gasteiger partial charge >= 0.3 is 0 Å². The third-order valence-electron chi connectivity index (χ3n) is 2.59. The van der Waals surface area contributed by atoms with E-state index in [1.807, 2.05) is 0 Å². The lowest BCUT2D eigenvalue weighted by atomic mass is 10.2. The number of hydrogen-bond donors (Lipinski definition) is 3. The predicted molar refractivity (Wildman–Crippen MR) is 68.3 cm³/mol. The fourth-order valence-corrected chi connectivity index (χ4v) is 1.53. The molecule has 0 aromatic heterocycles. The SMILES string of the molecule is CNC(=O)CCCCCNCCCCCN. The first-order chi connectivity index (χ1) is 7.81. The zero-order valence-corrected chi connectivity index (χ0v) is 10.6. The molecule has 4 heteroatoms. The molecule has 0 saturated carbocycles. The van der Waals surface area contributed by atoms with Gasteiger partial charge in [-0.3, -0.25) is 4.79 Å². The molecule has 1 amide bonds. The smallest absolute Gasteiger partial charge is 0.219 e. The van der Waals surface area contributed by atoms with Crippen LogP contribution in [-0.2, 0) is 4.79 Å². The van der Waals surface area contributed by atoms with Gasteiger partial charge in [-0.25, -0.2) is 0 Å². The second kappa shape index (κ2) is 12.5. The average molecular weight is 229 g/mol. The molecule has 0 aliphatic rings. The Morgan fingerprint density at radius 3 is 2.19 bits per heavy atom. The van der Waals surface area contributed by atoms with Crippen LogP contribution in [0.5, 0.6) is 0 Å². The fourth-order valence-electron chi connectivity index (χ4n) is 1.53. The molecule has 0 fully saturated rings. The lowest BCUT2D eigenvalue weighted by Crippen LogP contribution is -2.18. The van der Waals surface area contributed by atoms with Gasteiger partial charge in [-0.1, -0.05) is 12.8 Å². The van der Waals surface area contributed by atoms with E-state index < -0.39 is 0 Å². The normalized spacial score (nSPS) is 10.4. The van der Waals surface area contributed by atoms with Crippen molar-refractivity contribution < 1.29 is 4.79 Å². The summed E-state index contributed by atoms with van der Waals surface area (Å²) in [6.45, 7) is 2.96. The van der Waals surface area contributed by atoms with Crippen molar-refractivity contribution in [3.8, 4) is 0 Å². The van der Waals surface area contributed by atoms with Crippen molar-refractivity contribution >= 4 is 5.91 Å². The minimum absolute atomic E-state index is 0.148. The standard InChI is InChI=1S/C12H27N3O/c1-14-12(16)8-4-2-6-10-15-11-7-3-5-9-13/h15H,2-11,13H2,1H3,(H,14,16). The van der Waals surface area contributed by atoms with Gasteiger partial charge in [-0.2, -0.15) is 0 Å². The Kier molecular flexibility index (Phi) is 12.0. The van der Waals surface area contributed by atoms with E-state index in [1.54, 1.807) is 7.05 Å². The molecule has 16 heavy (non-hydrogen) atoms. The Labute approximate surface area is 99.4 Å². The van der Waals surface area contributed by atoms with Crippen LogP contribution in [0, 0.1) is 0 Å². The molecule has 0 unspecified atom stereocenters. The molecule has 0 radical (unpaired) electrons. The molecule has 96 valence electrons. The summed E-state index contributed by atoms with van der Waals surface area (Å²) in [6.07, 6.45) is 7.52. The van der Waals surface area contributed by atoms with Crippen LogP contribution in [0.3, 0.4) is 0 Å². The van der Waals surface area contributed by atoms with E-state index in [-0.39, 0.29) is 5.91 Å². The minimum atomic E-state index is 0.148. The van der Waals surface area contributed by atoms with Gasteiger partial charge in [0.2, 0.25) is 5.91 Å². The van der Waals surface area contributed by atoms with Crippen LogP contribution in [0.2, 0.25) is 0 Å². The molecule has 0 heterocycles. The van der Waals surface area contributed by atoms with Crippen LogP contribution < -0.4 is 16.4 Å². The van der Waals surface area contributed by atoms with E-state index in [2.05, 4.69) is 10.6 Å². The number of carbonyl (C=O) groups is 1. The highest BCUT2D eigenvalue weighted by Crippen LogP contribution is 1.98. The van der Waals surface area contributed by atoms with E-state index in [0.717, 1.165) is 45.3 Å². The summed E-state index contributed by atoms with van der Waals surface area (Å²) in [5.41, 5.74) is 5.41. The summed E-state index contributed by atoms with van der Waals surface area (Å²) in [5, 5.41) is 6.04. The first-order valence-electron chi connectivity index (χ1n) is 6.42. The van der Waals surface area contributed by atoms with E-state index in [1.165, 1.54) is 12.8 Å². The lowest BCUT2D eigenvalue weighted by Gasteiger charge is -2.04. The number of hydrogen-bond acceptors (Lipinski definition) is 3. The van der Waals surface area contributed by atoms with E-state index in [9.17, 15) is 4.79 Å². The van der Waals surface area contributed by atoms with Crippen molar-refractivity contribution in [1.29, 1.82) is 0 Å². The highest BCUT2D eigenvalue weighted by Gasteiger charge is 1.96. The maximum absolute atomic E-state index is 10.9. The molecule has 0 spiro atoms. The van der Waals surface area contributed by atoms with Crippen LogP contribution >= 0.6 is 0 Å². The number of unbranched alkanes of at least 4 members (excludes halogenated alkanes) is 4. The summed E-state index contributed by atoms with van der Waals surface area (Å²) >= 11 is 0. The van der Waals surface area contributed by atoms with Crippen LogP contribution in [0.1, 0.15) is 44.9 Å². The molecule has 0 rings (SSSR count). The molecule has 0 bridgehead atoms. The van der Waals surface area contributed by atoms with Crippen molar-refractivity contribution in [2.45, 2.75) is 44.9 Å². The van der Waals surface area contributed by atoms with Crippen molar-refractivity contribution in [3.05, 3.63) is 0 Å². The first kappa shape index (κ1) is 15.4. The Morgan fingerprint density at radius 1 is 1.00 bits per heavy atom. The highest BCUT2D eigenvalue weighted by molar-refractivity contribution is 5.75. The summed E-state index contributed by atoms with van der Waals surface area (Å²) < 4.78 is 0. The monoisotopic (exact) mass is 229 g/mol. The summed E-state index contributed by atoms with van der Waals surface area (Å²) in [6, 6.07) is 0. The van der Waals surface area contributed by atoms with E-state index in [0.29, 0.717) is 6.42 Å². The molecule has 0 aliphatic carbocycles. The topological polar surface area (TPSA) is 67.2 Å². The van der Waals surface area contributed by atoms with Gasteiger partial charge in [-0.05, 0) is 45.3 Å². The van der Waals surface area contributed by atoms with Gasteiger partial charge in [-0.15, -0.1) is 0 Å².